The van der Waals surface area contributed by atoms with Crippen molar-refractivity contribution in [2.75, 3.05) is 7.11 Å². The van der Waals surface area contributed by atoms with Gasteiger partial charge in [0.2, 0.25) is 0 Å². The Labute approximate surface area is 88.7 Å². The van der Waals surface area contributed by atoms with Crippen LogP contribution < -0.4 is 10.5 Å². The van der Waals surface area contributed by atoms with Crippen LogP contribution in [0, 0.1) is 5.82 Å². The Bertz CT molecular complexity index is 330. The summed E-state index contributed by atoms with van der Waals surface area (Å²) in [7, 11) is 1.47. The Morgan fingerprint density at radius 2 is 2.20 bits per heavy atom. The molecule has 0 fully saturated rings. The summed E-state index contributed by atoms with van der Waals surface area (Å²) in [6.45, 7) is 1.80. The van der Waals surface area contributed by atoms with Crippen molar-refractivity contribution in [3.8, 4) is 5.75 Å². The largest absolute Gasteiger partial charge is 0.497 e. The number of rotatable bonds is 4. The maximum absolute atomic E-state index is 13.5. The number of aliphatic hydroxyl groups excluding tert-OH is 1. The molecule has 3 N–H and O–H groups in total. The van der Waals surface area contributed by atoms with Crippen LogP contribution in [0.1, 0.15) is 24.9 Å². The molecular weight excluding hydrogens is 197 g/mol. The number of benzene rings is 1. The van der Waals surface area contributed by atoms with Gasteiger partial charge in [-0.2, -0.15) is 0 Å². The van der Waals surface area contributed by atoms with Crippen LogP contribution in [0.3, 0.4) is 0 Å². The number of ether oxygens (including phenoxy) is 1. The number of methoxy groups -OCH3 is 1. The lowest BCUT2D eigenvalue weighted by molar-refractivity contribution is 0.139. The van der Waals surface area contributed by atoms with Gasteiger partial charge in [-0.3, -0.25) is 0 Å². The van der Waals surface area contributed by atoms with Gasteiger partial charge in [0.15, 0.2) is 0 Å². The standard InChI is InChI=1S/C11H16FNO2/c1-3-10(14)11(13)8-5-4-7(15-2)6-9(8)12/h4-6,10-11,14H,3,13H2,1-2H3/t10-,11+/m1/s1. The van der Waals surface area contributed by atoms with Gasteiger partial charge >= 0.3 is 0 Å². The van der Waals surface area contributed by atoms with E-state index in [1.165, 1.54) is 19.2 Å². The molecule has 0 aliphatic carbocycles. The predicted molar refractivity (Wildman–Crippen MR) is 56.2 cm³/mol. The smallest absolute Gasteiger partial charge is 0.131 e. The molecule has 0 unspecified atom stereocenters. The maximum Gasteiger partial charge on any atom is 0.131 e. The van der Waals surface area contributed by atoms with Crippen molar-refractivity contribution in [1.29, 1.82) is 0 Å². The number of hydrogen-bond donors (Lipinski definition) is 2. The predicted octanol–water partition coefficient (Wildman–Crippen LogP) is 1.61. The van der Waals surface area contributed by atoms with Crippen LogP contribution in [0.25, 0.3) is 0 Å². The van der Waals surface area contributed by atoms with Crippen molar-refractivity contribution in [3.05, 3.63) is 29.6 Å². The van der Waals surface area contributed by atoms with Crippen LogP contribution in [0.15, 0.2) is 18.2 Å². The molecule has 0 aliphatic rings. The van der Waals surface area contributed by atoms with E-state index in [1.807, 2.05) is 0 Å². The molecule has 0 aromatic heterocycles. The maximum atomic E-state index is 13.5. The summed E-state index contributed by atoms with van der Waals surface area (Å²) in [5.74, 6) is -0.0104. The van der Waals surface area contributed by atoms with Crippen molar-refractivity contribution in [1.82, 2.24) is 0 Å². The lowest BCUT2D eigenvalue weighted by Crippen LogP contribution is -2.26. The quantitative estimate of drug-likeness (QED) is 0.798. The van der Waals surface area contributed by atoms with Crippen LogP contribution in [0.4, 0.5) is 4.39 Å². The summed E-state index contributed by atoms with van der Waals surface area (Å²) in [6, 6.07) is 3.73. The van der Waals surface area contributed by atoms with E-state index >= 15 is 0 Å². The minimum Gasteiger partial charge on any atom is -0.497 e. The lowest BCUT2D eigenvalue weighted by Gasteiger charge is -2.18. The molecule has 15 heavy (non-hydrogen) atoms. The van der Waals surface area contributed by atoms with Crippen LogP contribution in [-0.4, -0.2) is 18.3 Å². The van der Waals surface area contributed by atoms with Gasteiger partial charge in [-0.1, -0.05) is 13.0 Å². The van der Waals surface area contributed by atoms with Crippen molar-refractivity contribution in [2.24, 2.45) is 5.73 Å². The molecule has 0 spiro atoms. The van der Waals surface area contributed by atoms with Gasteiger partial charge in [0.25, 0.3) is 0 Å². The first-order chi connectivity index (χ1) is 7.10. The Morgan fingerprint density at radius 3 is 2.67 bits per heavy atom. The minimum atomic E-state index is -0.729. The SMILES string of the molecule is CC[C@@H](O)[C@@H](N)c1ccc(OC)cc1F. The second-order valence-corrected chi connectivity index (χ2v) is 3.39. The highest BCUT2D eigenvalue weighted by atomic mass is 19.1. The van der Waals surface area contributed by atoms with E-state index in [-0.39, 0.29) is 0 Å². The molecule has 0 radical (unpaired) electrons. The van der Waals surface area contributed by atoms with Gasteiger partial charge in [-0.05, 0) is 12.5 Å². The van der Waals surface area contributed by atoms with E-state index in [0.29, 0.717) is 17.7 Å². The lowest BCUT2D eigenvalue weighted by atomic mass is 10.00. The van der Waals surface area contributed by atoms with E-state index < -0.39 is 18.0 Å². The molecule has 1 aromatic rings. The fraction of sp³-hybridized carbons (Fsp3) is 0.455. The van der Waals surface area contributed by atoms with Crippen LogP contribution >= 0.6 is 0 Å². The van der Waals surface area contributed by atoms with Crippen LogP contribution in [-0.2, 0) is 0 Å². The molecule has 0 saturated heterocycles. The van der Waals surface area contributed by atoms with Crippen LogP contribution in [0.5, 0.6) is 5.75 Å². The van der Waals surface area contributed by atoms with Crippen molar-refractivity contribution in [3.63, 3.8) is 0 Å². The zero-order chi connectivity index (χ0) is 11.4. The molecule has 0 heterocycles. The van der Waals surface area contributed by atoms with E-state index in [1.54, 1.807) is 13.0 Å². The summed E-state index contributed by atoms with van der Waals surface area (Å²) >= 11 is 0. The Balaban J connectivity index is 2.95. The van der Waals surface area contributed by atoms with Gasteiger partial charge in [-0.25, -0.2) is 4.39 Å². The molecule has 0 bridgehead atoms. The molecule has 1 aromatic carbocycles. The van der Waals surface area contributed by atoms with Crippen molar-refractivity contribution in [2.45, 2.75) is 25.5 Å². The van der Waals surface area contributed by atoms with Crippen molar-refractivity contribution < 1.29 is 14.2 Å². The van der Waals surface area contributed by atoms with Gasteiger partial charge in [-0.15, -0.1) is 0 Å². The van der Waals surface area contributed by atoms with Gasteiger partial charge in [0, 0.05) is 11.6 Å². The summed E-state index contributed by atoms with van der Waals surface area (Å²) in [5, 5.41) is 9.51. The number of halogens is 1. The highest BCUT2D eigenvalue weighted by molar-refractivity contribution is 5.31. The summed E-state index contributed by atoms with van der Waals surface area (Å²) < 4.78 is 18.4. The second kappa shape index (κ2) is 5.09. The normalized spacial score (nSPS) is 14.7. The molecule has 1 rings (SSSR count). The first-order valence-electron chi connectivity index (χ1n) is 4.87. The van der Waals surface area contributed by atoms with E-state index in [0.717, 1.165) is 0 Å². The third-order valence-electron chi connectivity index (χ3n) is 2.40. The molecule has 0 amide bonds. The fourth-order valence-corrected chi connectivity index (χ4v) is 1.37. The monoisotopic (exact) mass is 213 g/mol. The zero-order valence-electron chi connectivity index (χ0n) is 8.90. The first kappa shape index (κ1) is 11.9. The Hall–Kier alpha value is -1.13. The average Bonchev–Trinajstić information content (AvgIpc) is 2.26. The second-order valence-electron chi connectivity index (χ2n) is 3.39. The molecule has 2 atom stereocenters. The Kier molecular flexibility index (Phi) is 4.05. The van der Waals surface area contributed by atoms with Crippen molar-refractivity contribution >= 4 is 0 Å². The topological polar surface area (TPSA) is 55.5 Å². The number of aliphatic hydroxyl groups is 1. The first-order valence-corrected chi connectivity index (χ1v) is 4.87. The summed E-state index contributed by atoms with van der Waals surface area (Å²) in [6.07, 6.45) is -0.236. The number of nitrogens with two attached hydrogens (primary N) is 1. The molecule has 0 aliphatic heterocycles. The van der Waals surface area contributed by atoms with Gasteiger partial charge in [0.05, 0.1) is 19.3 Å². The van der Waals surface area contributed by atoms with Gasteiger partial charge in [0.1, 0.15) is 11.6 Å². The number of hydrogen-bond acceptors (Lipinski definition) is 3. The summed E-state index contributed by atoms with van der Waals surface area (Å²) in [4.78, 5) is 0. The molecule has 84 valence electrons. The highest BCUT2D eigenvalue weighted by Crippen LogP contribution is 2.23. The van der Waals surface area contributed by atoms with Gasteiger partial charge < -0.3 is 15.6 Å². The molecule has 3 nitrogen and oxygen atoms in total. The van der Waals surface area contributed by atoms with E-state index in [2.05, 4.69) is 0 Å². The summed E-state index contributed by atoms with van der Waals surface area (Å²) in [5.41, 5.74) is 6.02. The minimum absolute atomic E-state index is 0.310. The highest BCUT2D eigenvalue weighted by Gasteiger charge is 2.18. The fourth-order valence-electron chi connectivity index (χ4n) is 1.37. The molecular formula is C11H16FNO2. The third-order valence-corrected chi connectivity index (χ3v) is 2.40. The Morgan fingerprint density at radius 1 is 1.53 bits per heavy atom. The van der Waals surface area contributed by atoms with E-state index in [9.17, 15) is 9.50 Å². The molecule has 4 heteroatoms. The third kappa shape index (κ3) is 2.67. The molecule has 0 saturated carbocycles. The average molecular weight is 213 g/mol. The van der Waals surface area contributed by atoms with Crippen LogP contribution in [0.2, 0.25) is 0 Å². The zero-order valence-corrected chi connectivity index (χ0v) is 8.90. The van der Waals surface area contributed by atoms with E-state index in [4.69, 9.17) is 10.5 Å².